The molecule has 1 fully saturated rings. The third-order valence-corrected chi connectivity index (χ3v) is 11.7. The fraction of sp³-hybridized carbons (Fsp3) is 0.818. The van der Waals surface area contributed by atoms with Gasteiger partial charge in [0.15, 0.2) is 8.32 Å². The van der Waals surface area contributed by atoms with Crippen LogP contribution < -0.4 is 0 Å². The Morgan fingerprint density at radius 2 is 1.88 bits per heavy atom. The molecule has 0 aromatic heterocycles. The van der Waals surface area contributed by atoms with Crippen LogP contribution in [0.4, 0.5) is 0 Å². The highest BCUT2D eigenvalue weighted by Gasteiger charge is 2.50. The van der Waals surface area contributed by atoms with Gasteiger partial charge in [-0.1, -0.05) is 58.9 Å². The van der Waals surface area contributed by atoms with E-state index in [2.05, 4.69) is 78.9 Å². The largest absolute Gasteiger partial charge is 0.414 e. The minimum Gasteiger partial charge on any atom is -0.414 e. The maximum Gasteiger partial charge on any atom is 0.192 e. The highest BCUT2D eigenvalue weighted by molar-refractivity contribution is 6.74. The highest BCUT2D eigenvalue weighted by atomic mass is 28.4. The van der Waals surface area contributed by atoms with Crippen molar-refractivity contribution in [1.82, 2.24) is 0 Å². The van der Waals surface area contributed by atoms with E-state index in [9.17, 15) is 5.11 Å². The molecular weight excluding hydrogens is 324 g/mol. The van der Waals surface area contributed by atoms with Crippen LogP contribution in [0.3, 0.4) is 0 Å². The predicted octanol–water partition coefficient (Wildman–Crippen LogP) is 5.80. The first kappa shape index (κ1) is 20.9. The van der Waals surface area contributed by atoms with Gasteiger partial charge >= 0.3 is 0 Å². The highest BCUT2D eigenvalue weighted by Crippen LogP contribution is 2.52. The smallest absolute Gasteiger partial charge is 0.192 e. The monoisotopic (exact) mass is 364 g/mol. The molecule has 2 aliphatic rings. The summed E-state index contributed by atoms with van der Waals surface area (Å²) in [5, 5.41) is 10.3. The molecular formula is C22H40O2Si. The normalized spacial score (nSPS) is 39.6. The molecule has 1 N–H and O–H groups in total. The summed E-state index contributed by atoms with van der Waals surface area (Å²) in [5.41, 5.74) is 0.188. The van der Waals surface area contributed by atoms with Crippen molar-refractivity contribution >= 4 is 8.32 Å². The van der Waals surface area contributed by atoms with Gasteiger partial charge in [-0.05, 0) is 67.0 Å². The molecule has 2 rings (SSSR count). The summed E-state index contributed by atoms with van der Waals surface area (Å²) < 4.78 is 6.99. The van der Waals surface area contributed by atoms with E-state index in [-0.39, 0.29) is 23.2 Å². The Morgan fingerprint density at radius 1 is 1.24 bits per heavy atom. The first-order chi connectivity index (χ1) is 11.4. The van der Waals surface area contributed by atoms with Crippen molar-refractivity contribution in [2.45, 2.75) is 78.6 Å². The van der Waals surface area contributed by atoms with E-state index in [1.54, 1.807) is 0 Å². The molecule has 0 unspecified atom stereocenters. The van der Waals surface area contributed by atoms with Crippen molar-refractivity contribution in [2.24, 2.45) is 29.1 Å². The number of aliphatic hydroxyl groups is 1. The topological polar surface area (TPSA) is 29.5 Å². The Hall–Kier alpha value is -0.383. The number of aliphatic hydroxyl groups excluding tert-OH is 1. The fourth-order valence-corrected chi connectivity index (χ4v) is 6.08. The molecule has 6 atom stereocenters. The summed E-state index contributed by atoms with van der Waals surface area (Å²) in [6, 6.07) is 0. The third-order valence-electron chi connectivity index (χ3n) is 7.16. The van der Waals surface area contributed by atoms with Crippen molar-refractivity contribution < 1.29 is 9.53 Å². The van der Waals surface area contributed by atoms with Gasteiger partial charge < -0.3 is 9.53 Å². The summed E-state index contributed by atoms with van der Waals surface area (Å²) in [6.07, 6.45) is 11.8. The maximum atomic E-state index is 10.1. The van der Waals surface area contributed by atoms with Gasteiger partial charge in [0.1, 0.15) is 0 Å². The molecule has 2 aliphatic carbocycles. The molecule has 3 heteroatoms. The predicted molar refractivity (Wildman–Crippen MR) is 110 cm³/mol. The second-order valence-corrected chi connectivity index (χ2v) is 15.1. The Kier molecular flexibility index (Phi) is 6.13. The second kappa shape index (κ2) is 7.32. The van der Waals surface area contributed by atoms with Gasteiger partial charge in [0.25, 0.3) is 0 Å². The lowest BCUT2D eigenvalue weighted by molar-refractivity contribution is -0.0446. The van der Waals surface area contributed by atoms with Gasteiger partial charge in [-0.2, -0.15) is 0 Å². The van der Waals surface area contributed by atoms with Crippen LogP contribution in [0.1, 0.15) is 54.4 Å². The zero-order valence-corrected chi connectivity index (χ0v) is 18.7. The minimum atomic E-state index is -1.85. The summed E-state index contributed by atoms with van der Waals surface area (Å²) >= 11 is 0. The zero-order valence-electron chi connectivity index (χ0n) is 17.7. The van der Waals surface area contributed by atoms with Gasteiger partial charge in [0, 0.05) is 12.7 Å². The van der Waals surface area contributed by atoms with Crippen LogP contribution in [0.15, 0.2) is 24.3 Å². The molecule has 0 aromatic rings. The lowest BCUT2D eigenvalue weighted by Crippen LogP contribution is -2.54. The molecule has 0 aromatic carbocycles. The first-order valence-electron chi connectivity index (χ1n) is 10.0. The number of hydrogen-bond acceptors (Lipinski definition) is 2. The first-order valence-corrected chi connectivity index (χ1v) is 13.0. The van der Waals surface area contributed by atoms with Crippen LogP contribution >= 0.6 is 0 Å². The summed E-state index contributed by atoms with van der Waals surface area (Å²) in [4.78, 5) is 0. The van der Waals surface area contributed by atoms with Crippen LogP contribution in [0, 0.1) is 29.1 Å². The van der Waals surface area contributed by atoms with Crippen molar-refractivity contribution in [3.05, 3.63) is 24.3 Å². The van der Waals surface area contributed by atoms with Crippen molar-refractivity contribution in [3.63, 3.8) is 0 Å². The lowest BCUT2D eigenvalue weighted by atomic mass is 9.58. The number of rotatable bonds is 4. The number of fused-ring (bicyclic) bond motifs is 1. The average molecular weight is 365 g/mol. The molecule has 0 aliphatic heterocycles. The molecule has 0 heterocycles. The molecule has 0 amide bonds. The average Bonchev–Trinajstić information content (AvgIpc) is 2.46. The molecule has 0 spiro atoms. The quantitative estimate of drug-likeness (QED) is 0.504. The van der Waals surface area contributed by atoms with Crippen LogP contribution in [0.2, 0.25) is 18.1 Å². The SMILES string of the molecule is C/C=C/[C@]1(C)C[C@H](O[Si](C)(C)C(C)(C)C)[C@@H]2[C@@H](CO)[C@@H](C)C=C[C@H]2C1. The summed E-state index contributed by atoms with van der Waals surface area (Å²) in [7, 11) is -1.85. The summed E-state index contributed by atoms with van der Waals surface area (Å²) in [5.74, 6) is 1.71. The Bertz CT molecular complexity index is 517. The van der Waals surface area contributed by atoms with E-state index in [0.717, 1.165) is 6.42 Å². The Morgan fingerprint density at radius 3 is 2.40 bits per heavy atom. The van der Waals surface area contributed by atoms with Gasteiger partial charge in [0.05, 0.1) is 0 Å². The van der Waals surface area contributed by atoms with Crippen molar-refractivity contribution in [3.8, 4) is 0 Å². The van der Waals surface area contributed by atoms with E-state index in [0.29, 0.717) is 23.7 Å². The van der Waals surface area contributed by atoms with E-state index < -0.39 is 8.32 Å². The van der Waals surface area contributed by atoms with Gasteiger partial charge in [0.2, 0.25) is 0 Å². The van der Waals surface area contributed by atoms with Crippen LogP contribution in [0.5, 0.6) is 0 Å². The molecule has 25 heavy (non-hydrogen) atoms. The second-order valence-electron chi connectivity index (χ2n) is 10.3. The molecule has 2 nitrogen and oxygen atoms in total. The lowest BCUT2D eigenvalue weighted by Gasteiger charge is -2.53. The van der Waals surface area contributed by atoms with Gasteiger partial charge in [-0.15, -0.1) is 0 Å². The molecule has 0 saturated heterocycles. The van der Waals surface area contributed by atoms with E-state index in [4.69, 9.17) is 4.43 Å². The van der Waals surface area contributed by atoms with Crippen molar-refractivity contribution in [1.29, 1.82) is 0 Å². The van der Waals surface area contributed by atoms with Gasteiger partial charge in [-0.25, -0.2) is 0 Å². The molecule has 144 valence electrons. The fourth-order valence-electron chi connectivity index (χ4n) is 4.73. The minimum absolute atomic E-state index is 0.188. The summed E-state index contributed by atoms with van der Waals surface area (Å²) in [6.45, 7) is 18.7. The third kappa shape index (κ3) is 4.31. The van der Waals surface area contributed by atoms with Crippen molar-refractivity contribution in [2.75, 3.05) is 6.61 Å². The van der Waals surface area contributed by atoms with Gasteiger partial charge in [-0.3, -0.25) is 0 Å². The Balaban J connectivity index is 2.39. The Labute approximate surface area is 156 Å². The maximum absolute atomic E-state index is 10.1. The van der Waals surface area contributed by atoms with Crippen LogP contribution in [0.25, 0.3) is 0 Å². The standard InChI is InChI=1S/C22H40O2Si/c1-9-12-22(6)13-17-11-10-16(2)18(15-23)20(17)19(14-22)24-25(7,8)21(3,4)5/h9-12,16-20,23H,13-15H2,1-8H3/b12-9+/t16-,17-,18-,19-,20-,22-/m0/s1. The molecule has 0 radical (unpaired) electrons. The van der Waals surface area contributed by atoms with Crippen LogP contribution in [-0.2, 0) is 4.43 Å². The zero-order chi connectivity index (χ0) is 19.0. The van der Waals surface area contributed by atoms with E-state index in [1.807, 2.05) is 0 Å². The van der Waals surface area contributed by atoms with E-state index >= 15 is 0 Å². The number of hydrogen-bond donors (Lipinski definition) is 1. The molecule has 0 bridgehead atoms. The number of allylic oxidation sites excluding steroid dienone is 4. The van der Waals surface area contributed by atoms with E-state index in [1.165, 1.54) is 6.42 Å². The molecule has 1 saturated carbocycles. The van der Waals surface area contributed by atoms with Crippen LogP contribution in [-0.4, -0.2) is 26.1 Å².